The van der Waals surface area contributed by atoms with Crippen molar-refractivity contribution in [2.45, 2.75) is 13.0 Å². The van der Waals surface area contributed by atoms with E-state index in [9.17, 15) is 4.79 Å². The van der Waals surface area contributed by atoms with Gasteiger partial charge >= 0.3 is 0 Å². The van der Waals surface area contributed by atoms with Crippen molar-refractivity contribution in [3.05, 3.63) is 30.0 Å². The van der Waals surface area contributed by atoms with Crippen LogP contribution in [0.5, 0.6) is 0 Å². The molecular weight excluding hydrogens is 268 g/mol. The van der Waals surface area contributed by atoms with E-state index in [2.05, 4.69) is 27.3 Å². The molecule has 0 unspecified atom stereocenters. The average Bonchev–Trinajstić information content (AvgIpc) is 3.01. The molecule has 21 heavy (non-hydrogen) atoms. The molecule has 2 N–H and O–H groups in total. The van der Waals surface area contributed by atoms with Gasteiger partial charge < -0.3 is 10.1 Å². The molecule has 6 nitrogen and oxygen atoms in total. The van der Waals surface area contributed by atoms with Gasteiger partial charge in [-0.25, -0.2) is 0 Å². The molecule has 1 fully saturated rings. The number of hydrogen-bond donors (Lipinski definition) is 2. The topological polar surface area (TPSA) is 70.2 Å². The second kappa shape index (κ2) is 6.24. The number of benzene rings is 1. The molecular formula is C15H20N4O2. The van der Waals surface area contributed by atoms with Gasteiger partial charge in [0.1, 0.15) is 0 Å². The lowest BCUT2D eigenvalue weighted by molar-refractivity contribution is 0.0204. The van der Waals surface area contributed by atoms with Crippen LogP contribution in [0.1, 0.15) is 17.3 Å². The number of H-pyrrole nitrogens is 1. The summed E-state index contributed by atoms with van der Waals surface area (Å²) in [6, 6.07) is 5.93. The number of nitrogens with one attached hydrogen (secondary N) is 2. The van der Waals surface area contributed by atoms with E-state index in [0.29, 0.717) is 18.2 Å². The Morgan fingerprint density at radius 3 is 3.10 bits per heavy atom. The number of morpholine rings is 1. The van der Waals surface area contributed by atoms with E-state index < -0.39 is 0 Å². The fourth-order valence-corrected chi connectivity index (χ4v) is 2.64. The van der Waals surface area contributed by atoms with Crippen LogP contribution < -0.4 is 5.32 Å². The highest BCUT2D eigenvalue weighted by Crippen LogP contribution is 2.15. The van der Waals surface area contributed by atoms with Gasteiger partial charge in [-0.05, 0) is 13.0 Å². The Labute approximate surface area is 123 Å². The largest absolute Gasteiger partial charge is 0.379 e. The quantitative estimate of drug-likeness (QED) is 0.881. The summed E-state index contributed by atoms with van der Waals surface area (Å²) in [5, 5.41) is 10.8. The molecule has 1 aromatic heterocycles. The molecule has 2 heterocycles. The van der Waals surface area contributed by atoms with Crippen molar-refractivity contribution in [3.63, 3.8) is 0 Å². The van der Waals surface area contributed by atoms with Crippen molar-refractivity contribution in [2.24, 2.45) is 0 Å². The second-order valence-corrected chi connectivity index (χ2v) is 5.35. The van der Waals surface area contributed by atoms with Gasteiger partial charge in [-0.15, -0.1) is 0 Å². The molecule has 1 aliphatic rings. The molecule has 2 aromatic rings. The molecule has 112 valence electrons. The minimum absolute atomic E-state index is 0.0649. The number of hydrogen-bond acceptors (Lipinski definition) is 4. The maximum Gasteiger partial charge on any atom is 0.253 e. The van der Waals surface area contributed by atoms with Gasteiger partial charge in [-0.2, -0.15) is 5.10 Å². The first kappa shape index (κ1) is 14.0. The highest BCUT2D eigenvalue weighted by molar-refractivity contribution is 6.05. The van der Waals surface area contributed by atoms with E-state index in [1.165, 1.54) is 0 Å². The summed E-state index contributed by atoms with van der Waals surface area (Å²) in [6.45, 7) is 6.14. The van der Waals surface area contributed by atoms with Gasteiger partial charge in [0.2, 0.25) is 0 Å². The van der Waals surface area contributed by atoms with E-state index in [1.54, 1.807) is 6.20 Å². The molecule has 1 aliphatic heterocycles. The molecule has 0 spiro atoms. The van der Waals surface area contributed by atoms with Crippen molar-refractivity contribution in [1.82, 2.24) is 20.4 Å². The zero-order chi connectivity index (χ0) is 14.7. The number of rotatable bonds is 4. The molecule has 1 saturated heterocycles. The molecule has 0 saturated carbocycles. The van der Waals surface area contributed by atoms with Crippen molar-refractivity contribution < 1.29 is 9.53 Å². The molecule has 6 heteroatoms. The summed E-state index contributed by atoms with van der Waals surface area (Å²) < 4.78 is 5.34. The molecule has 0 aliphatic carbocycles. The summed E-state index contributed by atoms with van der Waals surface area (Å²) in [4.78, 5) is 14.7. The lowest BCUT2D eigenvalue weighted by Crippen LogP contribution is -2.47. The number of aromatic amines is 1. The van der Waals surface area contributed by atoms with Crippen LogP contribution in [-0.2, 0) is 4.74 Å². The normalized spacial score (nSPS) is 17.8. The number of para-hydroxylation sites is 1. The molecule has 0 radical (unpaired) electrons. The Balaban J connectivity index is 1.62. The van der Waals surface area contributed by atoms with Crippen LogP contribution in [-0.4, -0.2) is 59.9 Å². The first-order valence-electron chi connectivity index (χ1n) is 7.28. The molecule has 1 amide bonds. The predicted octanol–water partition coefficient (Wildman–Crippen LogP) is 1.01. The number of nitrogens with zero attached hydrogens (tertiary/aromatic N) is 2. The Hall–Kier alpha value is -1.92. The minimum Gasteiger partial charge on any atom is -0.379 e. The monoisotopic (exact) mass is 288 g/mol. The second-order valence-electron chi connectivity index (χ2n) is 5.35. The van der Waals surface area contributed by atoms with Crippen molar-refractivity contribution >= 4 is 16.8 Å². The number of carbonyl (C=O) groups is 1. The highest BCUT2D eigenvalue weighted by atomic mass is 16.5. The Morgan fingerprint density at radius 1 is 1.48 bits per heavy atom. The zero-order valence-electron chi connectivity index (χ0n) is 12.1. The van der Waals surface area contributed by atoms with Crippen molar-refractivity contribution in [3.8, 4) is 0 Å². The standard InChI is InChI=1S/C15H20N4O2/c1-11(19-5-7-21-8-6-19)9-16-15(20)13-4-2-3-12-10-17-18-14(12)13/h2-4,10-11H,5-9H2,1H3,(H,16,20)(H,17,18)/t11-/m0/s1. The van der Waals surface area contributed by atoms with E-state index in [-0.39, 0.29) is 5.91 Å². The van der Waals surface area contributed by atoms with Crippen molar-refractivity contribution in [1.29, 1.82) is 0 Å². The zero-order valence-corrected chi connectivity index (χ0v) is 12.1. The van der Waals surface area contributed by atoms with Gasteiger partial charge in [0, 0.05) is 31.1 Å². The summed E-state index contributed by atoms with van der Waals surface area (Å²) in [5.74, 6) is -0.0649. The molecule has 1 aromatic carbocycles. The SMILES string of the molecule is C[C@@H](CNC(=O)c1cccc2cn[nH]c12)N1CCOCC1. The van der Waals surface area contributed by atoms with Gasteiger partial charge in [-0.3, -0.25) is 14.8 Å². The lowest BCUT2D eigenvalue weighted by Gasteiger charge is -2.32. The van der Waals surface area contributed by atoms with Gasteiger partial charge in [0.25, 0.3) is 5.91 Å². The van der Waals surface area contributed by atoms with E-state index in [0.717, 1.165) is 37.2 Å². The fourth-order valence-electron chi connectivity index (χ4n) is 2.64. The van der Waals surface area contributed by atoms with Gasteiger partial charge in [0.15, 0.2) is 0 Å². The molecule has 3 rings (SSSR count). The van der Waals surface area contributed by atoms with E-state index in [4.69, 9.17) is 4.74 Å². The van der Waals surface area contributed by atoms with Gasteiger partial charge in [0.05, 0.1) is 30.5 Å². The maximum atomic E-state index is 12.3. The summed E-state index contributed by atoms with van der Waals surface area (Å²) in [7, 11) is 0. The third kappa shape index (κ3) is 3.06. The first-order chi connectivity index (χ1) is 10.3. The number of ether oxygens (including phenoxy) is 1. The van der Waals surface area contributed by atoms with Crippen LogP contribution in [0.3, 0.4) is 0 Å². The summed E-state index contributed by atoms with van der Waals surface area (Å²) >= 11 is 0. The molecule has 1 atom stereocenters. The first-order valence-corrected chi connectivity index (χ1v) is 7.28. The fraction of sp³-hybridized carbons (Fsp3) is 0.467. The van der Waals surface area contributed by atoms with Crippen LogP contribution in [0.2, 0.25) is 0 Å². The maximum absolute atomic E-state index is 12.3. The number of aromatic nitrogens is 2. The number of amides is 1. The minimum atomic E-state index is -0.0649. The smallest absolute Gasteiger partial charge is 0.253 e. The van der Waals surface area contributed by atoms with Crippen LogP contribution in [0.4, 0.5) is 0 Å². The number of carbonyl (C=O) groups excluding carboxylic acids is 1. The lowest BCUT2D eigenvalue weighted by atomic mass is 10.1. The van der Waals surface area contributed by atoms with Gasteiger partial charge in [-0.1, -0.05) is 12.1 Å². The third-order valence-electron chi connectivity index (χ3n) is 3.95. The van der Waals surface area contributed by atoms with E-state index >= 15 is 0 Å². The summed E-state index contributed by atoms with van der Waals surface area (Å²) in [6.07, 6.45) is 1.72. The average molecular weight is 288 g/mol. The van der Waals surface area contributed by atoms with Crippen LogP contribution >= 0.6 is 0 Å². The third-order valence-corrected chi connectivity index (χ3v) is 3.95. The Morgan fingerprint density at radius 2 is 2.29 bits per heavy atom. The summed E-state index contributed by atoms with van der Waals surface area (Å²) in [5.41, 5.74) is 1.42. The molecule has 0 bridgehead atoms. The van der Waals surface area contributed by atoms with Crippen LogP contribution in [0.25, 0.3) is 10.9 Å². The predicted molar refractivity (Wildman–Crippen MR) is 80.3 cm³/mol. The van der Waals surface area contributed by atoms with Crippen LogP contribution in [0.15, 0.2) is 24.4 Å². The number of fused-ring (bicyclic) bond motifs is 1. The van der Waals surface area contributed by atoms with Crippen molar-refractivity contribution in [2.75, 3.05) is 32.8 Å². The Kier molecular flexibility index (Phi) is 4.17. The highest BCUT2D eigenvalue weighted by Gasteiger charge is 2.18. The van der Waals surface area contributed by atoms with Crippen LogP contribution in [0, 0.1) is 0 Å². The Bertz CT molecular complexity index is 619. The van der Waals surface area contributed by atoms with E-state index in [1.807, 2.05) is 18.2 Å².